The maximum absolute atomic E-state index is 13.8. The number of hydrogen-bond acceptors (Lipinski definition) is 4. The van der Waals surface area contributed by atoms with Crippen molar-refractivity contribution in [2.45, 2.75) is 32.1 Å². The van der Waals surface area contributed by atoms with Crippen molar-refractivity contribution in [3.05, 3.63) is 51.9 Å². The smallest absolute Gasteiger partial charge is 0.338 e. The van der Waals surface area contributed by atoms with Crippen LogP contribution in [0.5, 0.6) is 0 Å². The van der Waals surface area contributed by atoms with Crippen molar-refractivity contribution < 1.29 is 27.9 Å². The summed E-state index contributed by atoms with van der Waals surface area (Å²) in [6, 6.07) is 4.52. The number of amides is 1. The molecule has 1 saturated heterocycles. The van der Waals surface area contributed by atoms with Crippen LogP contribution >= 0.6 is 11.6 Å². The van der Waals surface area contributed by atoms with Crippen LogP contribution in [0.4, 0.5) is 24.7 Å². The van der Waals surface area contributed by atoms with E-state index >= 15 is 0 Å². The summed E-state index contributed by atoms with van der Waals surface area (Å²) in [4.78, 5) is 30.0. The molecule has 1 aromatic heterocycles. The first-order valence-electron chi connectivity index (χ1n) is 9.21. The summed E-state index contributed by atoms with van der Waals surface area (Å²) >= 11 is 6.13. The van der Waals surface area contributed by atoms with E-state index in [-0.39, 0.29) is 47.9 Å². The molecule has 0 saturated carbocycles. The Kier molecular flexibility index (Phi) is 6.21. The second-order valence-electron chi connectivity index (χ2n) is 7.08. The molecule has 3 rings (SSSR count). The second kappa shape index (κ2) is 8.51. The quantitative estimate of drug-likeness (QED) is 0.715. The molecule has 0 aliphatic carbocycles. The van der Waals surface area contributed by atoms with Crippen molar-refractivity contribution in [2.75, 3.05) is 23.3 Å². The monoisotopic (exact) mass is 441 g/mol. The molecule has 2 aromatic rings. The lowest BCUT2D eigenvalue weighted by molar-refractivity contribution is -0.0102. The molecule has 6 nitrogen and oxygen atoms in total. The number of carbonyl (C=O) groups excluding carboxylic acids is 1. The Morgan fingerprint density at radius 1 is 1.20 bits per heavy atom. The van der Waals surface area contributed by atoms with Gasteiger partial charge >= 0.3 is 5.97 Å². The zero-order valence-electron chi connectivity index (χ0n) is 16.0. The lowest BCUT2D eigenvalue weighted by Gasteiger charge is -2.24. The number of pyridine rings is 1. The van der Waals surface area contributed by atoms with Crippen molar-refractivity contribution in [3.8, 4) is 0 Å². The molecule has 1 aliphatic heterocycles. The van der Waals surface area contributed by atoms with Gasteiger partial charge in [0.15, 0.2) is 0 Å². The Morgan fingerprint density at radius 2 is 1.93 bits per heavy atom. The fourth-order valence-corrected chi connectivity index (χ4v) is 3.37. The normalized spacial score (nSPS) is 16.1. The molecule has 2 N–H and O–H groups in total. The summed E-state index contributed by atoms with van der Waals surface area (Å²) < 4.78 is 41.1. The Hall–Kier alpha value is -2.81. The summed E-state index contributed by atoms with van der Waals surface area (Å²) in [6.07, 6.45) is -0.375. The number of benzene rings is 1. The fourth-order valence-electron chi connectivity index (χ4n) is 3.22. The van der Waals surface area contributed by atoms with E-state index in [0.717, 1.165) is 12.1 Å². The number of halogens is 4. The number of carboxylic acid groups (broad SMARTS) is 1. The number of anilines is 2. The summed E-state index contributed by atoms with van der Waals surface area (Å²) in [5, 5.41) is 11.8. The Labute approximate surface area is 175 Å². The van der Waals surface area contributed by atoms with Crippen LogP contribution in [0.2, 0.25) is 5.02 Å². The Morgan fingerprint density at radius 3 is 2.63 bits per heavy atom. The Bertz CT molecular complexity index is 1000. The van der Waals surface area contributed by atoms with Gasteiger partial charge in [-0.15, -0.1) is 0 Å². The Balaban J connectivity index is 1.93. The zero-order chi connectivity index (χ0) is 22.1. The van der Waals surface area contributed by atoms with Crippen molar-refractivity contribution in [2.24, 2.45) is 0 Å². The molecule has 0 radical (unpaired) electrons. The van der Waals surface area contributed by atoms with Gasteiger partial charge in [-0.2, -0.15) is 0 Å². The van der Waals surface area contributed by atoms with E-state index in [9.17, 15) is 22.8 Å². The lowest BCUT2D eigenvalue weighted by atomic mass is 10.1. The van der Waals surface area contributed by atoms with Crippen LogP contribution in [0.1, 0.15) is 45.7 Å². The van der Waals surface area contributed by atoms with E-state index < -0.39 is 29.2 Å². The molecule has 10 heteroatoms. The number of rotatable bonds is 4. The van der Waals surface area contributed by atoms with Crippen LogP contribution in [0.3, 0.4) is 0 Å². The molecule has 0 spiro atoms. The number of hydrogen-bond donors (Lipinski definition) is 2. The van der Waals surface area contributed by atoms with Gasteiger partial charge in [0.1, 0.15) is 11.6 Å². The van der Waals surface area contributed by atoms with E-state index in [1.54, 1.807) is 11.8 Å². The van der Waals surface area contributed by atoms with Crippen molar-refractivity contribution in [1.82, 2.24) is 4.98 Å². The average molecular weight is 442 g/mol. The van der Waals surface area contributed by atoms with E-state index in [4.69, 9.17) is 16.7 Å². The van der Waals surface area contributed by atoms with Crippen LogP contribution in [-0.2, 0) is 0 Å². The highest BCUT2D eigenvalue weighted by molar-refractivity contribution is 6.31. The van der Waals surface area contributed by atoms with Gasteiger partial charge in [0.05, 0.1) is 21.8 Å². The highest BCUT2D eigenvalue weighted by atomic mass is 35.5. The molecule has 1 amide bonds. The largest absolute Gasteiger partial charge is 0.478 e. The number of carbonyl (C=O) groups is 2. The van der Waals surface area contributed by atoms with Gasteiger partial charge in [-0.3, -0.25) is 4.79 Å². The van der Waals surface area contributed by atoms with E-state index in [1.807, 2.05) is 0 Å². The molecule has 1 aliphatic rings. The minimum absolute atomic E-state index is 0.0149. The van der Waals surface area contributed by atoms with E-state index in [1.165, 1.54) is 12.1 Å². The first kappa shape index (κ1) is 21.9. The molecule has 0 bridgehead atoms. The number of nitrogens with one attached hydrogen (secondary N) is 1. The minimum atomic E-state index is -2.78. The predicted octanol–water partition coefficient (Wildman–Crippen LogP) is 4.76. The minimum Gasteiger partial charge on any atom is -0.478 e. The van der Waals surface area contributed by atoms with Gasteiger partial charge in [0.2, 0.25) is 5.92 Å². The average Bonchev–Trinajstić information content (AvgIpc) is 2.85. The van der Waals surface area contributed by atoms with Crippen LogP contribution in [0.15, 0.2) is 24.3 Å². The first-order valence-corrected chi connectivity index (χ1v) is 9.59. The number of nitrogens with zero attached hydrogens (tertiary/aromatic N) is 2. The zero-order valence-corrected chi connectivity index (χ0v) is 16.8. The number of aryl methyl sites for hydroxylation is 1. The summed E-state index contributed by atoms with van der Waals surface area (Å²) in [6.45, 7) is 1.95. The topological polar surface area (TPSA) is 82.5 Å². The maximum Gasteiger partial charge on any atom is 0.338 e. The maximum atomic E-state index is 13.8. The highest BCUT2D eigenvalue weighted by Gasteiger charge is 2.33. The van der Waals surface area contributed by atoms with Crippen LogP contribution in [0.25, 0.3) is 0 Å². The van der Waals surface area contributed by atoms with Gasteiger partial charge in [0.25, 0.3) is 5.91 Å². The van der Waals surface area contributed by atoms with Gasteiger partial charge in [0, 0.05) is 31.6 Å². The molecule has 1 aromatic carbocycles. The van der Waals surface area contributed by atoms with Crippen LogP contribution in [-0.4, -0.2) is 41.0 Å². The van der Waals surface area contributed by atoms with E-state index in [2.05, 4.69) is 10.3 Å². The molecule has 2 heterocycles. The molecule has 0 unspecified atom stereocenters. The summed E-state index contributed by atoms with van der Waals surface area (Å²) in [7, 11) is 0. The van der Waals surface area contributed by atoms with Crippen LogP contribution in [0, 0.1) is 12.7 Å². The molecular weight excluding hydrogens is 423 g/mol. The molecule has 30 heavy (non-hydrogen) atoms. The van der Waals surface area contributed by atoms with Gasteiger partial charge in [-0.25, -0.2) is 22.9 Å². The van der Waals surface area contributed by atoms with Crippen molar-refractivity contribution >= 4 is 35.0 Å². The number of aromatic carboxylic acids is 1. The molecule has 160 valence electrons. The van der Waals surface area contributed by atoms with Gasteiger partial charge in [-0.05, 0) is 37.6 Å². The van der Waals surface area contributed by atoms with E-state index in [0.29, 0.717) is 12.2 Å². The third kappa shape index (κ3) is 4.84. The third-order valence-corrected chi connectivity index (χ3v) is 5.23. The second-order valence-corrected chi connectivity index (χ2v) is 7.48. The lowest BCUT2D eigenvalue weighted by Crippen LogP contribution is -2.29. The number of carboxylic acids is 1. The highest BCUT2D eigenvalue weighted by Crippen LogP contribution is 2.32. The van der Waals surface area contributed by atoms with Crippen molar-refractivity contribution in [1.29, 1.82) is 0 Å². The molecule has 0 atom stereocenters. The van der Waals surface area contributed by atoms with Gasteiger partial charge in [-0.1, -0.05) is 11.6 Å². The van der Waals surface area contributed by atoms with Gasteiger partial charge < -0.3 is 15.3 Å². The SMILES string of the molecule is Cc1nc(N2CCCC(F)(F)CC2)c(C(=O)Nc2ccc(F)c(C(=O)O)c2)cc1Cl. The van der Waals surface area contributed by atoms with Crippen LogP contribution < -0.4 is 10.2 Å². The standard InChI is InChI=1S/C20H19ClF3N3O3/c1-11-15(21)10-14(17(25-11)27-7-2-5-20(23,24)6-8-27)18(28)26-12-3-4-16(22)13(9-12)19(29)30/h3-4,9-10H,2,5-8H2,1H3,(H,26,28)(H,29,30). The fraction of sp³-hybridized carbons (Fsp3) is 0.350. The van der Waals surface area contributed by atoms with Crippen molar-refractivity contribution in [3.63, 3.8) is 0 Å². The predicted molar refractivity (Wildman–Crippen MR) is 106 cm³/mol. The third-order valence-electron chi connectivity index (χ3n) is 4.85. The summed E-state index contributed by atoms with van der Waals surface area (Å²) in [5.74, 6) is -5.65. The first-order chi connectivity index (χ1) is 14.1. The molecular formula is C20H19ClF3N3O3. The molecule has 1 fully saturated rings. The summed E-state index contributed by atoms with van der Waals surface area (Å²) in [5.41, 5.74) is -0.0436. The number of alkyl halides is 2. The number of aromatic nitrogens is 1.